The van der Waals surface area contributed by atoms with Gasteiger partial charge in [-0.3, -0.25) is 4.79 Å². The van der Waals surface area contributed by atoms with Crippen molar-refractivity contribution in [2.75, 3.05) is 7.11 Å². The first kappa shape index (κ1) is 17.4. The Hall–Kier alpha value is -3.41. The number of carbonyl (C=O) groups is 1. The summed E-state index contributed by atoms with van der Waals surface area (Å²) in [5, 5.41) is 10.8. The number of ether oxygens (including phenoxy) is 1. The number of methoxy groups -OCH3 is 1. The van der Waals surface area contributed by atoms with E-state index in [0.717, 1.165) is 11.1 Å². The summed E-state index contributed by atoms with van der Waals surface area (Å²) in [7, 11) is 1.60. The Morgan fingerprint density at radius 2 is 1.96 bits per heavy atom. The van der Waals surface area contributed by atoms with Gasteiger partial charge in [0.05, 0.1) is 13.7 Å². The normalized spacial score (nSPS) is 11.2. The smallest absolute Gasteiger partial charge is 0.247 e. The van der Waals surface area contributed by atoms with E-state index < -0.39 is 0 Å². The van der Waals surface area contributed by atoms with Gasteiger partial charge >= 0.3 is 0 Å². The number of nitrogens with one attached hydrogen (secondary N) is 1. The average molecular weight is 349 g/mol. The van der Waals surface area contributed by atoms with Crippen LogP contribution >= 0.6 is 0 Å². The second-order valence-corrected chi connectivity index (χ2v) is 5.65. The predicted molar refractivity (Wildman–Crippen MR) is 98.2 cm³/mol. The van der Waals surface area contributed by atoms with Crippen LogP contribution in [0.25, 0.3) is 17.5 Å². The van der Waals surface area contributed by atoms with Crippen LogP contribution in [0.1, 0.15) is 18.4 Å². The zero-order chi connectivity index (χ0) is 18.4. The summed E-state index contributed by atoms with van der Waals surface area (Å²) in [6.07, 6.45) is 1.82. The van der Waals surface area contributed by atoms with Crippen LogP contribution in [0.4, 0.5) is 0 Å². The van der Waals surface area contributed by atoms with Gasteiger partial charge in [0.2, 0.25) is 17.7 Å². The van der Waals surface area contributed by atoms with E-state index in [1.807, 2.05) is 60.7 Å². The van der Waals surface area contributed by atoms with Gasteiger partial charge in [-0.1, -0.05) is 36.4 Å². The second-order valence-electron chi connectivity index (χ2n) is 5.65. The van der Waals surface area contributed by atoms with Gasteiger partial charge in [-0.25, -0.2) is 0 Å². The summed E-state index contributed by atoms with van der Waals surface area (Å²) in [5.41, 5.74) is 2.33. The molecule has 3 rings (SSSR count). The van der Waals surface area contributed by atoms with Gasteiger partial charge in [-0.2, -0.15) is 0 Å². The zero-order valence-corrected chi connectivity index (χ0v) is 14.6. The second kappa shape index (κ2) is 8.11. The van der Waals surface area contributed by atoms with Crippen LogP contribution < -0.4 is 10.1 Å². The standard InChI is InChI=1S/C20H19N3O3/c1-14(11-15-7-4-3-5-8-15)19(24)21-13-18-22-23-20(26-18)16-9-6-10-17(12-16)25-2/h3-12H,13H2,1-2H3,(H,21,24)/b14-11+. The molecule has 1 aromatic heterocycles. The van der Waals surface area contributed by atoms with Gasteiger partial charge in [0, 0.05) is 11.1 Å². The molecular weight excluding hydrogens is 330 g/mol. The summed E-state index contributed by atoms with van der Waals surface area (Å²) in [6.45, 7) is 1.92. The number of carbonyl (C=O) groups excluding carboxylic acids is 1. The van der Waals surface area contributed by atoms with Crippen molar-refractivity contribution in [1.29, 1.82) is 0 Å². The van der Waals surface area contributed by atoms with Crippen LogP contribution in [0.15, 0.2) is 64.6 Å². The van der Waals surface area contributed by atoms with Gasteiger partial charge in [-0.05, 0) is 36.8 Å². The molecule has 0 aliphatic heterocycles. The Kier molecular flexibility index (Phi) is 5.43. The highest BCUT2D eigenvalue weighted by Gasteiger charge is 2.11. The maximum Gasteiger partial charge on any atom is 0.247 e. The van der Waals surface area contributed by atoms with Crippen molar-refractivity contribution in [2.45, 2.75) is 13.5 Å². The molecule has 2 aromatic carbocycles. The van der Waals surface area contributed by atoms with Crippen LogP contribution in [0.2, 0.25) is 0 Å². The molecule has 0 bridgehead atoms. The lowest BCUT2D eigenvalue weighted by Crippen LogP contribution is -2.23. The monoisotopic (exact) mass is 349 g/mol. The summed E-state index contributed by atoms with van der Waals surface area (Å²) < 4.78 is 10.8. The van der Waals surface area contributed by atoms with E-state index in [9.17, 15) is 4.79 Å². The molecule has 0 spiro atoms. The minimum absolute atomic E-state index is 0.162. The minimum atomic E-state index is -0.185. The van der Waals surface area contributed by atoms with E-state index in [0.29, 0.717) is 23.1 Å². The lowest BCUT2D eigenvalue weighted by Gasteiger charge is -2.03. The Bertz CT molecular complexity index is 917. The first-order valence-corrected chi connectivity index (χ1v) is 8.14. The Balaban J connectivity index is 1.62. The van der Waals surface area contributed by atoms with E-state index in [1.165, 1.54) is 0 Å². The lowest BCUT2D eigenvalue weighted by molar-refractivity contribution is -0.117. The fourth-order valence-electron chi connectivity index (χ4n) is 2.36. The van der Waals surface area contributed by atoms with E-state index in [1.54, 1.807) is 14.0 Å². The Labute approximate surface area is 151 Å². The zero-order valence-electron chi connectivity index (χ0n) is 14.6. The molecule has 1 heterocycles. The fraction of sp³-hybridized carbons (Fsp3) is 0.150. The summed E-state index contributed by atoms with van der Waals surface area (Å²) in [4.78, 5) is 12.2. The van der Waals surface area contributed by atoms with Gasteiger partial charge < -0.3 is 14.5 Å². The van der Waals surface area contributed by atoms with Crippen molar-refractivity contribution < 1.29 is 13.9 Å². The highest BCUT2D eigenvalue weighted by Crippen LogP contribution is 2.22. The Morgan fingerprint density at radius 3 is 2.73 bits per heavy atom. The number of aromatic nitrogens is 2. The molecule has 0 saturated heterocycles. The first-order chi connectivity index (χ1) is 12.7. The highest BCUT2D eigenvalue weighted by atomic mass is 16.5. The molecule has 6 nitrogen and oxygen atoms in total. The number of hydrogen-bond donors (Lipinski definition) is 1. The minimum Gasteiger partial charge on any atom is -0.497 e. The van der Waals surface area contributed by atoms with Crippen LogP contribution in [0, 0.1) is 0 Å². The molecule has 0 unspecified atom stereocenters. The van der Waals surface area contributed by atoms with Crippen LogP contribution in [-0.4, -0.2) is 23.2 Å². The predicted octanol–water partition coefficient (Wildman–Crippen LogP) is 3.46. The summed E-state index contributed by atoms with van der Waals surface area (Å²) in [5.74, 6) is 1.24. The molecule has 0 aliphatic rings. The van der Waals surface area contributed by atoms with E-state index in [-0.39, 0.29) is 12.5 Å². The number of rotatable bonds is 6. The third-order valence-electron chi connectivity index (χ3n) is 3.72. The molecule has 0 fully saturated rings. The van der Waals surface area contributed by atoms with Crippen molar-refractivity contribution in [3.63, 3.8) is 0 Å². The van der Waals surface area contributed by atoms with Gasteiger partial charge in [0.15, 0.2) is 0 Å². The molecule has 26 heavy (non-hydrogen) atoms. The molecule has 0 saturated carbocycles. The SMILES string of the molecule is COc1cccc(-c2nnc(CNC(=O)/C(C)=C/c3ccccc3)o2)c1. The number of benzene rings is 2. The van der Waals surface area contributed by atoms with Crippen LogP contribution in [0.3, 0.4) is 0 Å². The molecule has 1 N–H and O–H groups in total. The number of nitrogens with zero attached hydrogens (tertiary/aromatic N) is 2. The van der Waals surface area contributed by atoms with Gasteiger partial charge in [-0.15, -0.1) is 10.2 Å². The van der Waals surface area contributed by atoms with Crippen molar-refractivity contribution in [2.24, 2.45) is 0 Å². The molecule has 0 radical (unpaired) electrons. The molecule has 0 aliphatic carbocycles. The molecule has 0 atom stereocenters. The summed E-state index contributed by atoms with van der Waals surface area (Å²) in [6, 6.07) is 17.0. The molecule has 1 amide bonds. The van der Waals surface area contributed by atoms with E-state index in [2.05, 4.69) is 15.5 Å². The highest BCUT2D eigenvalue weighted by molar-refractivity contribution is 5.97. The molecular formula is C20H19N3O3. The molecule has 132 valence electrons. The van der Waals surface area contributed by atoms with Gasteiger partial charge in [0.1, 0.15) is 5.75 Å². The maximum atomic E-state index is 12.2. The Morgan fingerprint density at radius 1 is 1.15 bits per heavy atom. The van der Waals surface area contributed by atoms with Crippen molar-refractivity contribution in [3.8, 4) is 17.2 Å². The molecule has 6 heteroatoms. The lowest BCUT2D eigenvalue weighted by atomic mass is 10.1. The number of amides is 1. The van der Waals surface area contributed by atoms with Crippen molar-refractivity contribution in [1.82, 2.24) is 15.5 Å². The largest absolute Gasteiger partial charge is 0.497 e. The fourth-order valence-corrected chi connectivity index (χ4v) is 2.36. The quantitative estimate of drug-likeness (QED) is 0.690. The van der Waals surface area contributed by atoms with Crippen LogP contribution in [-0.2, 0) is 11.3 Å². The number of hydrogen-bond acceptors (Lipinski definition) is 5. The third-order valence-corrected chi connectivity index (χ3v) is 3.72. The van der Waals surface area contributed by atoms with Gasteiger partial charge in [0.25, 0.3) is 0 Å². The van der Waals surface area contributed by atoms with Crippen molar-refractivity contribution >= 4 is 12.0 Å². The third kappa shape index (κ3) is 4.36. The summed E-state index contributed by atoms with van der Waals surface area (Å²) >= 11 is 0. The average Bonchev–Trinajstić information content (AvgIpc) is 3.16. The van der Waals surface area contributed by atoms with Crippen molar-refractivity contribution in [3.05, 3.63) is 71.6 Å². The van der Waals surface area contributed by atoms with Crippen LogP contribution in [0.5, 0.6) is 5.75 Å². The van der Waals surface area contributed by atoms with E-state index in [4.69, 9.17) is 9.15 Å². The van der Waals surface area contributed by atoms with E-state index >= 15 is 0 Å². The molecule has 3 aromatic rings. The maximum absolute atomic E-state index is 12.2. The first-order valence-electron chi connectivity index (χ1n) is 8.14. The topological polar surface area (TPSA) is 77.3 Å².